The molecule has 0 saturated carbocycles. The van der Waals surface area contributed by atoms with Crippen LogP contribution in [0.3, 0.4) is 0 Å². The van der Waals surface area contributed by atoms with Gasteiger partial charge < -0.3 is 9.15 Å². The fourth-order valence-corrected chi connectivity index (χ4v) is 4.64. The van der Waals surface area contributed by atoms with Gasteiger partial charge in [0.05, 0.1) is 23.6 Å². The van der Waals surface area contributed by atoms with Gasteiger partial charge in [0.1, 0.15) is 17.2 Å². The molecule has 5 rings (SSSR count). The topological polar surface area (TPSA) is 72.6 Å². The highest BCUT2D eigenvalue weighted by atomic mass is 79.9. The highest BCUT2D eigenvalue weighted by molar-refractivity contribution is 9.10. The van der Waals surface area contributed by atoms with Crippen molar-refractivity contribution in [2.75, 3.05) is 11.5 Å². The highest BCUT2D eigenvalue weighted by Crippen LogP contribution is 2.41. The quantitative estimate of drug-likeness (QED) is 0.269. The Labute approximate surface area is 205 Å². The molecule has 4 aromatic rings. The number of pyridine rings is 1. The molecule has 34 heavy (non-hydrogen) atoms. The summed E-state index contributed by atoms with van der Waals surface area (Å²) in [5, 5.41) is 0.421. The number of anilines is 1. The van der Waals surface area contributed by atoms with Gasteiger partial charge in [-0.2, -0.15) is 0 Å². The van der Waals surface area contributed by atoms with Crippen molar-refractivity contribution in [1.82, 2.24) is 4.98 Å². The molecule has 1 amide bonds. The van der Waals surface area contributed by atoms with E-state index in [9.17, 15) is 9.59 Å². The number of carbonyl (C=O) groups excluding carboxylic acids is 1. The van der Waals surface area contributed by atoms with Gasteiger partial charge in [0.15, 0.2) is 5.43 Å². The third-order valence-electron chi connectivity index (χ3n) is 5.94. The average Bonchev–Trinajstić information content (AvgIpc) is 3.16. The lowest BCUT2D eigenvalue weighted by Gasteiger charge is -2.24. The SMILES string of the molecule is CCCCCOc1ccc(C2c3c(oc4ccc(Br)cc4c3=O)C(=O)N2c2ccccn2)cc1. The van der Waals surface area contributed by atoms with E-state index in [1.54, 1.807) is 36.5 Å². The molecular weight excluding hydrogens is 496 g/mol. The van der Waals surface area contributed by atoms with Gasteiger partial charge in [0.25, 0.3) is 5.91 Å². The lowest BCUT2D eigenvalue weighted by molar-refractivity contribution is 0.0970. The van der Waals surface area contributed by atoms with Crippen LogP contribution in [0, 0.1) is 0 Å². The first-order valence-corrected chi connectivity index (χ1v) is 12.1. The minimum atomic E-state index is -0.661. The molecule has 1 atom stereocenters. The lowest BCUT2D eigenvalue weighted by atomic mass is 9.98. The van der Waals surface area contributed by atoms with Gasteiger partial charge in [-0.3, -0.25) is 14.5 Å². The molecule has 7 heteroatoms. The second kappa shape index (κ2) is 9.43. The van der Waals surface area contributed by atoms with Crippen molar-refractivity contribution in [3.8, 4) is 5.75 Å². The van der Waals surface area contributed by atoms with Crippen molar-refractivity contribution < 1.29 is 13.9 Å². The van der Waals surface area contributed by atoms with Crippen molar-refractivity contribution in [3.63, 3.8) is 0 Å². The fraction of sp³-hybridized carbons (Fsp3) is 0.222. The minimum absolute atomic E-state index is 0.0513. The predicted molar refractivity (Wildman–Crippen MR) is 135 cm³/mol. The van der Waals surface area contributed by atoms with Gasteiger partial charge in [-0.15, -0.1) is 0 Å². The Morgan fingerprint density at radius 2 is 1.88 bits per heavy atom. The molecule has 3 heterocycles. The van der Waals surface area contributed by atoms with E-state index >= 15 is 0 Å². The van der Waals surface area contributed by atoms with Crippen LogP contribution in [-0.4, -0.2) is 17.5 Å². The van der Waals surface area contributed by atoms with Crippen molar-refractivity contribution >= 4 is 38.6 Å². The molecule has 1 aliphatic heterocycles. The summed E-state index contributed by atoms with van der Waals surface area (Å²) in [6, 6.07) is 17.4. The molecule has 0 radical (unpaired) electrons. The Morgan fingerprint density at radius 3 is 2.62 bits per heavy atom. The van der Waals surface area contributed by atoms with E-state index in [1.807, 2.05) is 30.3 Å². The average molecular weight is 519 g/mol. The van der Waals surface area contributed by atoms with Gasteiger partial charge in [-0.05, 0) is 54.4 Å². The standard InChI is InChI=1S/C27H23BrN2O4/c1-2-3-6-15-33-19-11-8-17(9-12-19)24-23-25(31)20-16-18(28)10-13-21(20)34-26(23)27(32)30(24)22-7-4-5-14-29-22/h4-5,7-14,16,24H,2-3,6,15H2,1H3. The summed E-state index contributed by atoms with van der Waals surface area (Å²) in [6.45, 7) is 2.81. The summed E-state index contributed by atoms with van der Waals surface area (Å²) in [6.07, 6.45) is 4.88. The van der Waals surface area contributed by atoms with Crippen LogP contribution in [0.5, 0.6) is 5.75 Å². The second-order valence-electron chi connectivity index (χ2n) is 8.20. The molecule has 0 bridgehead atoms. The number of rotatable bonds is 7. The maximum absolute atomic E-state index is 13.6. The van der Waals surface area contributed by atoms with Crippen LogP contribution < -0.4 is 15.1 Å². The molecule has 6 nitrogen and oxygen atoms in total. The first kappa shape index (κ1) is 22.3. The normalized spacial score (nSPS) is 15.1. The molecule has 0 aliphatic carbocycles. The molecule has 2 aromatic heterocycles. The minimum Gasteiger partial charge on any atom is -0.494 e. The van der Waals surface area contributed by atoms with Crippen LogP contribution in [-0.2, 0) is 0 Å². The summed E-state index contributed by atoms with van der Waals surface area (Å²) in [5.74, 6) is 0.868. The monoisotopic (exact) mass is 518 g/mol. The number of nitrogens with zero attached hydrogens (tertiary/aromatic N) is 2. The number of halogens is 1. The largest absolute Gasteiger partial charge is 0.494 e. The van der Waals surface area contributed by atoms with E-state index in [0.29, 0.717) is 29.0 Å². The van der Waals surface area contributed by atoms with Crippen LogP contribution in [0.4, 0.5) is 5.82 Å². The summed E-state index contributed by atoms with van der Waals surface area (Å²) >= 11 is 3.42. The van der Waals surface area contributed by atoms with Crippen LogP contribution in [0.15, 0.2) is 80.5 Å². The highest BCUT2D eigenvalue weighted by Gasteiger charge is 2.44. The van der Waals surface area contributed by atoms with Gasteiger partial charge in [-0.25, -0.2) is 4.98 Å². The number of hydrogen-bond donors (Lipinski definition) is 0. The van der Waals surface area contributed by atoms with Crippen LogP contribution in [0.1, 0.15) is 53.9 Å². The Balaban J connectivity index is 1.62. The van der Waals surface area contributed by atoms with E-state index in [0.717, 1.165) is 35.0 Å². The number of aromatic nitrogens is 1. The smallest absolute Gasteiger partial charge is 0.296 e. The zero-order valence-electron chi connectivity index (χ0n) is 18.7. The number of fused-ring (bicyclic) bond motifs is 2. The summed E-state index contributed by atoms with van der Waals surface area (Å²) in [7, 11) is 0. The molecule has 1 aliphatic rings. The van der Waals surface area contributed by atoms with Crippen LogP contribution >= 0.6 is 15.9 Å². The zero-order chi connectivity index (χ0) is 23.7. The molecule has 0 fully saturated rings. The first-order valence-electron chi connectivity index (χ1n) is 11.3. The van der Waals surface area contributed by atoms with Crippen LogP contribution in [0.2, 0.25) is 0 Å². The van der Waals surface area contributed by atoms with E-state index in [1.165, 1.54) is 4.90 Å². The van der Waals surface area contributed by atoms with E-state index < -0.39 is 6.04 Å². The maximum Gasteiger partial charge on any atom is 0.296 e. The molecule has 2 aromatic carbocycles. The van der Waals surface area contributed by atoms with E-state index in [-0.39, 0.29) is 17.1 Å². The second-order valence-corrected chi connectivity index (χ2v) is 9.12. The fourth-order valence-electron chi connectivity index (χ4n) is 4.28. The van der Waals surface area contributed by atoms with Crippen LogP contribution in [0.25, 0.3) is 11.0 Å². The Kier molecular flexibility index (Phi) is 6.20. The van der Waals surface area contributed by atoms with Gasteiger partial charge >= 0.3 is 0 Å². The third-order valence-corrected chi connectivity index (χ3v) is 6.43. The zero-order valence-corrected chi connectivity index (χ0v) is 20.2. The van der Waals surface area contributed by atoms with E-state index in [2.05, 4.69) is 27.8 Å². The lowest BCUT2D eigenvalue weighted by Crippen LogP contribution is -2.30. The van der Waals surface area contributed by atoms with Gasteiger partial charge in [0.2, 0.25) is 5.76 Å². The number of hydrogen-bond acceptors (Lipinski definition) is 5. The molecule has 0 saturated heterocycles. The van der Waals surface area contributed by atoms with Crippen molar-refractivity contribution in [3.05, 3.63) is 98.4 Å². The Bertz CT molecular complexity index is 1400. The molecular formula is C27H23BrN2O4. The molecule has 0 N–H and O–H groups in total. The number of unbranched alkanes of at least 4 members (excludes halogenated alkanes) is 2. The molecule has 1 unspecified atom stereocenters. The maximum atomic E-state index is 13.6. The summed E-state index contributed by atoms with van der Waals surface area (Å²) < 4.78 is 12.6. The number of benzene rings is 2. The Morgan fingerprint density at radius 1 is 1.06 bits per heavy atom. The predicted octanol–water partition coefficient (Wildman–Crippen LogP) is 6.27. The summed E-state index contributed by atoms with van der Waals surface area (Å²) in [4.78, 5) is 33.1. The van der Waals surface area contributed by atoms with Crippen molar-refractivity contribution in [1.29, 1.82) is 0 Å². The molecule has 0 spiro atoms. The molecule has 172 valence electrons. The Hall–Kier alpha value is -3.45. The number of carbonyl (C=O) groups is 1. The van der Waals surface area contributed by atoms with Gasteiger partial charge in [-0.1, -0.05) is 53.9 Å². The third kappa shape index (κ3) is 4.01. The van der Waals surface area contributed by atoms with E-state index in [4.69, 9.17) is 9.15 Å². The first-order chi connectivity index (χ1) is 16.6. The van der Waals surface area contributed by atoms with Crippen molar-refractivity contribution in [2.45, 2.75) is 32.2 Å². The number of ether oxygens (including phenoxy) is 1. The summed E-state index contributed by atoms with van der Waals surface area (Å²) in [5.41, 5.74) is 1.24. The van der Waals surface area contributed by atoms with Crippen molar-refractivity contribution in [2.24, 2.45) is 0 Å². The van der Waals surface area contributed by atoms with Gasteiger partial charge in [0, 0.05) is 10.7 Å². The number of amides is 1.